The number of aromatic nitrogens is 2. The van der Waals surface area contributed by atoms with Gasteiger partial charge in [0.05, 0.1) is 0 Å². The first kappa shape index (κ1) is 7.40. The van der Waals surface area contributed by atoms with E-state index in [1.165, 1.54) is 6.42 Å². The molecule has 0 spiro atoms. The second-order valence-corrected chi connectivity index (χ2v) is 2.89. The van der Waals surface area contributed by atoms with E-state index in [0.717, 1.165) is 18.7 Å². The van der Waals surface area contributed by atoms with Crippen LogP contribution in [0.15, 0.2) is 23.5 Å². The van der Waals surface area contributed by atoms with Gasteiger partial charge in [-0.3, -0.25) is 4.99 Å². The summed E-state index contributed by atoms with van der Waals surface area (Å²) in [6.07, 6.45) is 8.90. The lowest BCUT2D eigenvalue weighted by atomic mass is 10.1. The van der Waals surface area contributed by atoms with Crippen LogP contribution in [-0.2, 0) is 0 Å². The minimum absolute atomic E-state index is 0.208. The summed E-state index contributed by atoms with van der Waals surface area (Å²) in [7, 11) is 0. The van der Waals surface area contributed by atoms with Gasteiger partial charge in [0.1, 0.15) is 6.04 Å². The second-order valence-electron chi connectivity index (χ2n) is 2.89. The van der Waals surface area contributed by atoms with Gasteiger partial charge in [-0.25, -0.2) is 9.97 Å². The normalized spacial score (nSPS) is 22.5. The highest BCUT2D eigenvalue weighted by atomic mass is 14.9. The summed E-state index contributed by atoms with van der Waals surface area (Å²) < 4.78 is 0. The fourth-order valence-electron chi connectivity index (χ4n) is 1.36. The third kappa shape index (κ3) is 1.49. The van der Waals surface area contributed by atoms with Crippen molar-refractivity contribution in [2.75, 3.05) is 0 Å². The topological polar surface area (TPSA) is 38.1 Å². The molecule has 1 aliphatic rings. The van der Waals surface area contributed by atoms with Crippen LogP contribution in [-0.4, -0.2) is 16.2 Å². The molecule has 1 aromatic heterocycles. The van der Waals surface area contributed by atoms with Gasteiger partial charge in [0, 0.05) is 12.4 Å². The van der Waals surface area contributed by atoms with Crippen molar-refractivity contribution >= 4 is 6.21 Å². The largest absolute Gasteiger partial charge is 0.286 e. The molecule has 0 aliphatic carbocycles. The highest BCUT2D eigenvalue weighted by Gasteiger charge is 2.13. The number of hydrogen-bond donors (Lipinski definition) is 0. The zero-order valence-corrected chi connectivity index (χ0v) is 6.85. The van der Waals surface area contributed by atoms with Gasteiger partial charge in [-0.1, -0.05) is 0 Å². The molecule has 0 aromatic carbocycles. The smallest absolute Gasteiger partial charge is 0.152 e. The van der Waals surface area contributed by atoms with Crippen molar-refractivity contribution in [1.29, 1.82) is 0 Å². The van der Waals surface area contributed by atoms with Crippen LogP contribution in [0.4, 0.5) is 0 Å². The lowest BCUT2D eigenvalue weighted by Gasteiger charge is -2.13. The van der Waals surface area contributed by atoms with Crippen LogP contribution in [0.1, 0.15) is 31.1 Å². The predicted molar refractivity (Wildman–Crippen MR) is 47.1 cm³/mol. The molecule has 62 valence electrons. The average Bonchev–Trinajstić information content (AvgIpc) is 2.21. The number of hydrogen-bond acceptors (Lipinski definition) is 3. The lowest BCUT2D eigenvalue weighted by molar-refractivity contribution is 0.573. The van der Waals surface area contributed by atoms with Crippen LogP contribution in [0.3, 0.4) is 0 Å². The van der Waals surface area contributed by atoms with E-state index in [2.05, 4.69) is 15.0 Å². The number of aliphatic imine (C=N–C) groups is 1. The van der Waals surface area contributed by atoms with Crippen LogP contribution < -0.4 is 0 Å². The van der Waals surface area contributed by atoms with E-state index >= 15 is 0 Å². The quantitative estimate of drug-likeness (QED) is 0.629. The standard InChI is InChI=1S/C9H11N3/c1-2-5-10-8(4-1)9-11-6-3-7-12-9/h3,5-8H,1-2,4H2. The van der Waals surface area contributed by atoms with Gasteiger partial charge in [0.15, 0.2) is 5.82 Å². The first-order chi connectivity index (χ1) is 5.97. The summed E-state index contributed by atoms with van der Waals surface area (Å²) in [6.45, 7) is 0. The Kier molecular flexibility index (Phi) is 2.12. The molecular weight excluding hydrogens is 150 g/mol. The molecule has 0 saturated heterocycles. The minimum atomic E-state index is 0.208. The van der Waals surface area contributed by atoms with Crippen LogP contribution >= 0.6 is 0 Å². The molecule has 0 radical (unpaired) electrons. The third-order valence-electron chi connectivity index (χ3n) is 1.98. The summed E-state index contributed by atoms with van der Waals surface area (Å²) in [6, 6.07) is 2.04. The van der Waals surface area contributed by atoms with Crippen molar-refractivity contribution in [1.82, 2.24) is 9.97 Å². The molecule has 2 heterocycles. The molecule has 3 heteroatoms. The predicted octanol–water partition coefficient (Wildman–Crippen LogP) is 1.77. The van der Waals surface area contributed by atoms with Gasteiger partial charge in [0.2, 0.25) is 0 Å². The maximum Gasteiger partial charge on any atom is 0.152 e. The van der Waals surface area contributed by atoms with Crippen LogP contribution in [0.25, 0.3) is 0 Å². The van der Waals surface area contributed by atoms with Crippen LogP contribution in [0.2, 0.25) is 0 Å². The summed E-state index contributed by atoms with van der Waals surface area (Å²) in [5, 5.41) is 0. The van der Waals surface area contributed by atoms with Gasteiger partial charge in [-0.2, -0.15) is 0 Å². The molecule has 2 rings (SSSR count). The van der Waals surface area contributed by atoms with Gasteiger partial charge < -0.3 is 0 Å². The van der Waals surface area contributed by atoms with Crippen molar-refractivity contribution in [2.45, 2.75) is 25.3 Å². The molecule has 1 unspecified atom stereocenters. The first-order valence-corrected chi connectivity index (χ1v) is 4.25. The van der Waals surface area contributed by atoms with E-state index in [4.69, 9.17) is 0 Å². The van der Waals surface area contributed by atoms with E-state index in [0.29, 0.717) is 0 Å². The molecule has 0 amide bonds. The van der Waals surface area contributed by atoms with Gasteiger partial charge in [-0.15, -0.1) is 0 Å². The molecular formula is C9H11N3. The zero-order chi connectivity index (χ0) is 8.23. The zero-order valence-electron chi connectivity index (χ0n) is 6.85. The average molecular weight is 161 g/mol. The molecule has 0 bridgehead atoms. The molecule has 0 saturated carbocycles. The van der Waals surface area contributed by atoms with Crippen molar-refractivity contribution in [2.24, 2.45) is 4.99 Å². The van der Waals surface area contributed by atoms with E-state index in [9.17, 15) is 0 Å². The lowest BCUT2D eigenvalue weighted by Crippen LogP contribution is -2.05. The fourth-order valence-corrected chi connectivity index (χ4v) is 1.36. The highest BCUT2D eigenvalue weighted by molar-refractivity contribution is 5.58. The van der Waals surface area contributed by atoms with Crippen molar-refractivity contribution in [3.05, 3.63) is 24.3 Å². The maximum absolute atomic E-state index is 4.35. The Bertz CT molecular complexity index is 268. The number of rotatable bonds is 1. The summed E-state index contributed by atoms with van der Waals surface area (Å²) in [4.78, 5) is 12.7. The van der Waals surface area contributed by atoms with Crippen LogP contribution in [0.5, 0.6) is 0 Å². The monoisotopic (exact) mass is 161 g/mol. The summed E-state index contributed by atoms with van der Waals surface area (Å²) in [5.74, 6) is 0.855. The molecule has 1 aromatic rings. The van der Waals surface area contributed by atoms with Gasteiger partial charge in [-0.05, 0) is 31.5 Å². The molecule has 0 N–H and O–H groups in total. The second kappa shape index (κ2) is 3.43. The highest BCUT2D eigenvalue weighted by Crippen LogP contribution is 2.22. The Balaban J connectivity index is 2.19. The Morgan fingerprint density at radius 2 is 2.08 bits per heavy atom. The fraction of sp³-hybridized carbons (Fsp3) is 0.444. The van der Waals surface area contributed by atoms with Crippen molar-refractivity contribution in [3.8, 4) is 0 Å². The Hall–Kier alpha value is -1.25. The first-order valence-electron chi connectivity index (χ1n) is 4.25. The molecule has 1 atom stereocenters. The SMILES string of the molecule is C1=NC(c2ncccn2)CCC1. The molecule has 12 heavy (non-hydrogen) atoms. The van der Waals surface area contributed by atoms with Crippen LogP contribution in [0, 0.1) is 0 Å². The van der Waals surface area contributed by atoms with E-state index in [1.54, 1.807) is 12.4 Å². The van der Waals surface area contributed by atoms with Gasteiger partial charge >= 0.3 is 0 Å². The molecule has 3 nitrogen and oxygen atoms in total. The summed E-state index contributed by atoms with van der Waals surface area (Å²) in [5.41, 5.74) is 0. The van der Waals surface area contributed by atoms with Crippen molar-refractivity contribution < 1.29 is 0 Å². The number of nitrogens with zero attached hydrogens (tertiary/aromatic N) is 3. The Morgan fingerprint density at radius 1 is 1.25 bits per heavy atom. The summed E-state index contributed by atoms with van der Waals surface area (Å²) >= 11 is 0. The third-order valence-corrected chi connectivity index (χ3v) is 1.98. The van der Waals surface area contributed by atoms with Crippen molar-refractivity contribution in [3.63, 3.8) is 0 Å². The van der Waals surface area contributed by atoms with E-state index in [-0.39, 0.29) is 6.04 Å². The molecule has 0 fully saturated rings. The van der Waals surface area contributed by atoms with E-state index < -0.39 is 0 Å². The Morgan fingerprint density at radius 3 is 2.75 bits per heavy atom. The minimum Gasteiger partial charge on any atom is -0.286 e. The van der Waals surface area contributed by atoms with Gasteiger partial charge in [0.25, 0.3) is 0 Å². The molecule has 1 aliphatic heterocycles. The Labute approximate surface area is 71.6 Å². The maximum atomic E-state index is 4.35. The van der Waals surface area contributed by atoms with E-state index in [1.807, 2.05) is 12.3 Å².